The smallest absolute Gasteiger partial charge is 0.434 e. The Hall–Kier alpha value is -4.80. The van der Waals surface area contributed by atoms with Crippen molar-refractivity contribution in [3.8, 4) is 28.7 Å². The van der Waals surface area contributed by atoms with Crippen LogP contribution in [0.4, 0.5) is 13.2 Å². The normalized spacial score (nSPS) is 13.8. The molecule has 1 aliphatic rings. The van der Waals surface area contributed by atoms with Crippen molar-refractivity contribution < 1.29 is 17.9 Å². The van der Waals surface area contributed by atoms with Crippen LogP contribution in [0.15, 0.2) is 67.3 Å². The molecule has 0 unspecified atom stereocenters. The first kappa shape index (κ1) is 27.1. The number of imidazole rings is 1. The molecule has 2 aromatic carbocycles. The fraction of sp³-hybridized carbons (Fsp3) is 0.281. The Morgan fingerprint density at radius 3 is 2.42 bits per heavy atom. The predicted octanol–water partition coefficient (Wildman–Crippen LogP) is 7.44. The van der Waals surface area contributed by atoms with Gasteiger partial charge >= 0.3 is 6.18 Å². The molecule has 1 saturated carbocycles. The van der Waals surface area contributed by atoms with Crippen molar-refractivity contribution in [3.63, 3.8) is 0 Å². The van der Waals surface area contributed by atoms with E-state index in [0.29, 0.717) is 29.7 Å². The molecule has 43 heavy (non-hydrogen) atoms. The van der Waals surface area contributed by atoms with Gasteiger partial charge in [-0.05, 0) is 38.3 Å². The van der Waals surface area contributed by atoms with E-state index in [4.69, 9.17) is 14.7 Å². The molecule has 0 aliphatic heterocycles. The summed E-state index contributed by atoms with van der Waals surface area (Å²) in [6.45, 7) is 4.16. The minimum atomic E-state index is -4.51. The fourth-order valence-corrected chi connectivity index (χ4v) is 5.59. The molecule has 0 radical (unpaired) electrons. The third-order valence-electron chi connectivity index (χ3n) is 7.86. The molecule has 218 valence electrons. The van der Waals surface area contributed by atoms with E-state index < -0.39 is 11.9 Å². The Morgan fingerprint density at radius 1 is 0.953 bits per heavy atom. The van der Waals surface area contributed by atoms with Gasteiger partial charge in [0.05, 0.1) is 18.3 Å². The molecule has 1 aliphatic carbocycles. The van der Waals surface area contributed by atoms with Gasteiger partial charge in [0.15, 0.2) is 11.5 Å². The van der Waals surface area contributed by atoms with E-state index in [1.807, 2.05) is 68.6 Å². The maximum absolute atomic E-state index is 13.4. The third-order valence-corrected chi connectivity index (χ3v) is 7.86. The quantitative estimate of drug-likeness (QED) is 0.194. The predicted molar refractivity (Wildman–Crippen MR) is 157 cm³/mol. The third kappa shape index (κ3) is 4.78. The van der Waals surface area contributed by atoms with Crippen LogP contribution in [0.5, 0.6) is 5.88 Å². The minimum Gasteiger partial charge on any atom is -0.480 e. The maximum atomic E-state index is 13.4. The number of ether oxygens (including phenoxy) is 1. The molecule has 4 heterocycles. The van der Waals surface area contributed by atoms with Crippen molar-refractivity contribution in [3.05, 3.63) is 84.2 Å². The average molecular weight is 584 g/mol. The van der Waals surface area contributed by atoms with E-state index in [0.717, 1.165) is 57.8 Å². The topological polar surface area (TPSA) is 83.5 Å². The Morgan fingerprint density at radius 2 is 1.72 bits per heavy atom. The summed E-state index contributed by atoms with van der Waals surface area (Å²) in [5.41, 5.74) is 4.05. The van der Waals surface area contributed by atoms with Gasteiger partial charge in [-0.25, -0.2) is 24.9 Å². The summed E-state index contributed by atoms with van der Waals surface area (Å²) >= 11 is 0. The second-order valence-corrected chi connectivity index (χ2v) is 11.1. The van der Waals surface area contributed by atoms with Gasteiger partial charge in [-0.15, -0.1) is 0 Å². The van der Waals surface area contributed by atoms with Gasteiger partial charge in [-0.1, -0.05) is 42.5 Å². The van der Waals surface area contributed by atoms with Crippen LogP contribution in [0, 0.1) is 0 Å². The molecule has 7 rings (SSSR count). The van der Waals surface area contributed by atoms with E-state index in [1.165, 1.54) is 6.33 Å². The number of rotatable bonds is 7. The summed E-state index contributed by atoms with van der Waals surface area (Å²) in [5.74, 6) is 1.58. The fourth-order valence-electron chi connectivity index (χ4n) is 5.59. The highest BCUT2D eigenvalue weighted by Gasteiger charge is 2.35. The molecule has 11 heteroatoms. The number of benzene rings is 2. The van der Waals surface area contributed by atoms with Gasteiger partial charge < -0.3 is 13.9 Å². The van der Waals surface area contributed by atoms with E-state index >= 15 is 0 Å². The lowest BCUT2D eigenvalue weighted by Gasteiger charge is -2.13. The standard InChI is InChI=1S/C32H28F3N7O/c1-18(2)41-16-25(32(33,34)35)39-29(41)21-10-8-19(9-11-21)15-42-24-7-5-4-6-22(24)23-14-36-28(40-30(23)42)26-27(20-12-13-20)37-17-38-31(26)43-3/h4-11,14,16-18,20H,12-13,15H2,1-3H3. The van der Waals surface area contributed by atoms with Crippen LogP contribution in [0.1, 0.15) is 55.6 Å². The molecule has 0 spiro atoms. The molecule has 8 nitrogen and oxygen atoms in total. The van der Waals surface area contributed by atoms with Crippen molar-refractivity contribution in [2.45, 2.75) is 51.4 Å². The summed E-state index contributed by atoms with van der Waals surface area (Å²) in [6, 6.07) is 15.4. The Kier molecular flexibility index (Phi) is 6.41. The zero-order valence-electron chi connectivity index (χ0n) is 23.8. The van der Waals surface area contributed by atoms with Crippen molar-refractivity contribution in [1.82, 2.24) is 34.1 Å². The van der Waals surface area contributed by atoms with Crippen LogP contribution in [0.25, 0.3) is 44.7 Å². The number of halogens is 3. The SMILES string of the molecule is COc1ncnc(C2CC2)c1-c1ncc2c3ccccc3n(Cc3ccc(-c4nc(C(F)(F)F)cn4C(C)C)cc3)c2n1. The second kappa shape index (κ2) is 10.2. The number of aromatic nitrogens is 7. The summed E-state index contributed by atoms with van der Waals surface area (Å²) in [5, 5.41) is 1.94. The molecular formula is C32H28F3N7O. The lowest BCUT2D eigenvalue weighted by Crippen LogP contribution is -2.05. The number of alkyl halides is 3. The molecule has 0 N–H and O–H groups in total. The van der Waals surface area contributed by atoms with Crippen molar-refractivity contribution in [1.29, 1.82) is 0 Å². The number of methoxy groups -OCH3 is 1. The molecule has 0 amide bonds. The highest BCUT2D eigenvalue weighted by molar-refractivity contribution is 6.06. The lowest BCUT2D eigenvalue weighted by molar-refractivity contribution is -0.140. The monoisotopic (exact) mass is 583 g/mol. The zero-order chi connectivity index (χ0) is 29.9. The molecule has 0 atom stereocenters. The maximum Gasteiger partial charge on any atom is 0.434 e. The largest absolute Gasteiger partial charge is 0.480 e. The van der Waals surface area contributed by atoms with E-state index in [-0.39, 0.29) is 11.9 Å². The first-order chi connectivity index (χ1) is 20.7. The van der Waals surface area contributed by atoms with Crippen LogP contribution in [0.2, 0.25) is 0 Å². The van der Waals surface area contributed by atoms with Gasteiger partial charge in [0, 0.05) is 47.2 Å². The van der Waals surface area contributed by atoms with Crippen LogP contribution in [-0.2, 0) is 12.7 Å². The van der Waals surface area contributed by atoms with Gasteiger partial charge in [0.2, 0.25) is 5.88 Å². The highest BCUT2D eigenvalue weighted by Crippen LogP contribution is 2.45. The van der Waals surface area contributed by atoms with Gasteiger partial charge in [0.1, 0.15) is 23.4 Å². The van der Waals surface area contributed by atoms with Gasteiger partial charge in [-0.3, -0.25) is 0 Å². The average Bonchev–Trinajstić information content (AvgIpc) is 3.67. The van der Waals surface area contributed by atoms with E-state index in [9.17, 15) is 13.2 Å². The number of hydrogen-bond donors (Lipinski definition) is 0. The Bertz CT molecular complexity index is 1970. The molecule has 0 saturated heterocycles. The van der Waals surface area contributed by atoms with Crippen LogP contribution < -0.4 is 4.74 Å². The van der Waals surface area contributed by atoms with E-state index in [2.05, 4.69) is 19.5 Å². The number of para-hydroxylation sites is 1. The summed E-state index contributed by atoms with van der Waals surface area (Å²) in [7, 11) is 1.58. The van der Waals surface area contributed by atoms with Crippen molar-refractivity contribution in [2.75, 3.05) is 7.11 Å². The number of nitrogens with zero attached hydrogens (tertiary/aromatic N) is 7. The molecule has 1 fully saturated rings. The zero-order valence-corrected chi connectivity index (χ0v) is 23.8. The second-order valence-electron chi connectivity index (χ2n) is 11.1. The molecule has 6 aromatic rings. The number of hydrogen-bond acceptors (Lipinski definition) is 6. The summed E-state index contributed by atoms with van der Waals surface area (Å²) in [6.07, 6.45) is 2.03. The van der Waals surface area contributed by atoms with Crippen LogP contribution >= 0.6 is 0 Å². The summed E-state index contributed by atoms with van der Waals surface area (Å²) < 4.78 is 49.6. The van der Waals surface area contributed by atoms with Crippen molar-refractivity contribution >= 4 is 21.9 Å². The molecular weight excluding hydrogens is 555 g/mol. The Labute approximate surface area is 245 Å². The first-order valence-electron chi connectivity index (χ1n) is 14.1. The lowest BCUT2D eigenvalue weighted by atomic mass is 10.1. The first-order valence-corrected chi connectivity index (χ1v) is 14.1. The van der Waals surface area contributed by atoms with Crippen molar-refractivity contribution in [2.24, 2.45) is 0 Å². The van der Waals surface area contributed by atoms with Gasteiger partial charge in [-0.2, -0.15) is 13.2 Å². The number of fused-ring (bicyclic) bond motifs is 3. The van der Waals surface area contributed by atoms with Crippen LogP contribution in [-0.4, -0.2) is 41.2 Å². The minimum absolute atomic E-state index is 0.182. The van der Waals surface area contributed by atoms with E-state index in [1.54, 1.807) is 11.7 Å². The summed E-state index contributed by atoms with van der Waals surface area (Å²) in [4.78, 5) is 22.6. The van der Waals surface area contributed by atoms with Gasteiger partial charge in [0.25, 0.3) is 0 Å². The highest BCUT2D eigenvalue weighted by atomic mass is 19.4. The Balaban J connectivity index is 1.31. The molecule has 0 bridgehead atoms. The van der Waals surface area contributed by atoms with Crippen LogP contribution in [0.3, 0.4) is 0 Å². The molecule has 4 aromatic heterocycles.